The van der Waals surface area contributed by atoms with Gasteiger partial charge in [-0.2, -0.15) is 8.78 Å². The van der Waals surface area contributed by atoms with Gasteiger partial charge in [0.2, 0.25) is 0 Å². The van der Waals surface area contributed by atoms with Crippen LogP contribution in [0.3, 0.4) is 0 Å². The number of hydrogen-bond donors (Lipinski definition) is 1. The van der Waals surface area contributed by atoms with E-state index in [-0.39, 0.29) is 5.75 Å². The van der Waals surface area contributed by atoms with Gasteiger partial charge in [0.1, 0.15) is 5.75 Å². The highest BCUT2D eigenvalue weighted by Crippen LogP contribution is 2.50. The third kappa shape index (κ3) is 6.57. The van der Waals surface area contributed by atoms with Gasteiger partial charge < -0.3 is 9.42 Å². The highest BCUT2D eigenvalue weighted by molar-refractivity contribution is 9.10. The molecule has 0 saturated heterocycles. The predicted molar refractivity (Wildman–Crippen MR) is 101 cm³/mol. The van der Waals surface area contributed by atoms with E-state index in [2.05, 4.69) is 20.5 Å². The van der Waals surface area contributed by atoms with E-state index in [0.29, 0.717) is 9.50 Å². The summed E-state index contributed by atoms with van der Waals surface area (Å²) in [5, 5.41) is 0.704. The molecular formula is C16H15BrClF2O3PS. The fourth-order valence-corrected chi connectivity index (χ4v) is 4.08. The zero-order valence-electron chi connectivity index (χ0n) is 12.9. The molecule has 0 aromatic heterocycles. The summed E-state index contributed by atoms with van der Waals surface area (Å²) in [6, 6.07) is 12.4. The molecule has 1 atom stereocenters. The molecule has 2 rings (SSSR count). The van der Waals surface area contributed by atoms with E-state index in [1.165, 1.54) is 6.07 Å². The summed E-state index contributed by atoms with van der Waals surface area (Å²) in [4.78, 5) is 10.2. The average Bonchev–Trinajstić information content (AvgIpc) is 2.55. The van der Waals surface area contributed by atoms with Crippen molar-refractivity contribution in [3.63, 3.8) is 0 Å². The molecule has 136 valence electrons. The van der Waals surface area contributed by atoms with Crippen molar-refractivity contribution in [3.05, 3.63) is 57.5 Å². The second-order valence-corrected chi connectivity index (χ2v) is 9.26. The summed E-state index contributed by atoms with van der Waals surface area (Å²) in [5.74, 6) is 0.833. The zero-order chi connectivity index (χ0) is 18.4. The number of benzene rings is 2. The number of aryl methyl sites for hydroxylation is 1. The van der Waals surface area contributed by atoms with Crippen LogP contribution >= 0.6 is 46.9 Å². The molecule has 0 saturated carbocycles. The maximum absolute atomic E-state index is 12.4. The van der Waals surface area contributed by atoms with Crippen molar-refractivity contribution in [2.24, 2.45) is 0 Å². The molecule has 1 N–H and O–H groups in total. The lowest BCUT2D eigenvalue weighted by Gasteiger charge is -2.14. The normalized spacial score (nSPS) is 13.7. The lowest BCUT2D eigenvalue weighted by atomic mass is 10.1. The minimum Gasteiger partial charge on any atom is -0.420 e. The van der Waals surface area contributed by atoms with Crippen LogP contribution in [0.2, 0.25) is 5.02 Å². The number of thioether (sulfide) groups is 1. The molecule has 9 heteroatoms. The van der Waals surface area contributed by atoms with Gasteiger partial charge in [0.05, 0.1) is 4.47 Å². The minimum absolute atomic E-state index is 0.0783. The molecule has 2 aromatic rings. The lowest BCUT2D eigenvalue weighted by molar-refractivity contribution is 0.188. The first kappa shape index (κ1) is 20.7. The van der Waals surface area contributed by atoms with Gasteiger partial charge in [0.15, 0.2) is 0 Å². The van der Waals surface area contributed by atoms with Crippen LogP contribution in [0, 0.1) is 0 Å². The van der Waals surface area contributed by atoms with Gasteiger partial charge in [0, 0.05) is 9.92 Å². The van der Waals surface area contributed by atoms with E-state index in [4.69, 9.17) is 16.5 Å². The fraction of sp³-hybridized carbons (Fsp3) is 0.250. The topological polar surface area (TPSA) is 46.5 Å². The summed E-state index contributed by atoms with van der Waals surface area (Å²) in [6.45, 7) is 0. The van der Waals surface area contributed by atoms with Gasteiger partial charge in [-0.3, -0.25) is 0 Å². The molecule has 0 fully saturated rings. The van der Waals surface area contributed by atoms with Crippen LogP contribution < -0.4 is 4.52 Å². The Labute approximate surface area is 162 Å². The summed E-state index contributed by atoms with van der Waals surface area (Å²) < 4.78 is 41.0. The van der Waals surface area contributed by atoms with E-state index in [1.807, 2.05) is 24.3 Å². The average molecular weight is 472 g/mol. The third-order valence-electron chi connectivity index (χ3n) is 3.16. The second-order valence-electron chi connectivity index (χ2n) is 5.10. The number of alkyl halides is 2. The van der Waals surface area contributed by atoms with Gasteiger partial charge in [-0.15, -0.1) is 11.8 Å². The maximum atomic E-state index is 12.4. The molecule has 0 heterocycles. The van der Waals surface area contributed by atoms with Crippen molar-refractivity contribution in [2.75, 3.05) is 5.75 Å². The second kappa shape index (κ2) is 9.38. The van der Waals surface area contributed by atoms with E-state index in [0.717, 1.165) is 29.1 Å². The molecule has 0 amide bonds. The van der Waals surface area contributed by atoms with Gasteiger partial charge in [0.25, 0.3) is 0 Å². The Morgan fingerprint density at radius 2 is 1.92 bits per heavy atom. The quantitative estimate of drug-likeness (QED) is 0.267. The largest absolute Gasteiger partial charge is 0.442 e. The van der Waals surface area contributed by atoms with Crippen LogP contribution in [0.15, 0.2) is 51.8 Å². The molecule has 0 spiro atoms. The Kier molecular flexibility index (Phi) is 7.77. The molecule has 0 aliphatic rings. The zero-order valence-corrected chi connectivity index (χ0v) is 16.9. The maximum Gasteiger partial charge on any atom is 0.442 e. The van der Waals surface area contributed by atoms with Crippen LogP contribution in [-0.4, -0.2) is 16.8 Å². The molecule has 3 nitrogen and oxygen atoms in total. The lowest BCUT2D eigenvalue weighted by Crippen LogP contribution is -2.01. The first-order valence-electron chi connectivity index (χ1n) is 7.25. The highest BCUT2D eigenvalue weighted by atomic mass is 79.9. The Bertz CT molecular complexity index is 762. The standard InChI is InChI=1S/C16H15BrClF2O3PS/c17-14-10-11(3-8-15(14)23-24(21,22)16(19)20)2-1-9-25-13-6-4-12(18)5-7-13/h3-8,10,16H,1-2,9H2,(H,21,22). The van der Waals surface area contributed by atoms with Crippen LogP contribution in [0.1, 0.15) is 12.0 Å². The van der Waals surface area contributed by atoms with Crippen molar-refractivity contribution in [3.8, 4) is 5.75 Å². The molecule has 25 heavy (non-hydrogen) atoms. The van der Waals surface area contributed by atoms with Crippen LogP contribution in [0.5, 0.6) is 5.75 Å². The molecular weight excluding hydrogens is 457 g/mol. The molecule has 0 radical (unpaired) electrons. The predicted octanol–water partition coefficient (Wildman–Crippen LogP) is 6.61. The van der Waals surface area contributed by atoms with Crippen molar-refractivity contribution in [1.29, 1.82) is 0 Å². The molecule has 0 aliphatic carbocycles. The van der Waals surface area contributed by atoms with E-state index in [9.17, 15) is 13.3 Å². The number of hydrogen-bond acceptors (Lipinski definition) is 3. The van der Waals surface area contributed by atoms with Crippen molar-refractivity contribution < 1.29 is 22.8 Å². The van der Waals surface area contributed by atoms with E-state index < -0.39 is 13.8 Å². The third-order valence-corrected chi connectivity index (χ3v) is 6.09. The summed E-state index contributed by atoms with van der Waals surface area (Å²) in [5.41, 5.74) is 0.973. The Hall–Kier alpha value is -0.590. The van der Waals surface area contributed by atoms with Crippen LogP contribution in [0.25, 0.3) is 0 Å². The molecule has 0 aliphatic heterocycles. The van der Waals surface area contributed by atoms with Crippen LogP contribution in [0.4, 0.5) is 8.78 Å². The summed E-state index contributed by atoms with van der Waals surface area (Å²) >= 11 is 10.7. The minimum atomic E-state index is -4.97. The molecule has 0 bridgehead atoms. The van der Waals surface area contributed by atoms with Crippen molar-refractivity contribution >= 4 is 46.9 Å². The van der Waals surface area contributed by atoms with Gasteiger partial charge >= 0.3 is 13.8 Å². The monoisotopic (exact) mass is 470 g/mol. The van der Waals surface area contributed by atoms with E-state index in [1.54, 1.807) is 23.9 Å². The summed E-state index contributed by atoms with van der Waals surface area (Å²) in [7, 11) is -4.97. The van der Waals surface area contributed by atoms with Gasteiger partial charge in [-0.1, -0.05) is 17.7 Å². The fourth-order valence-electron chi connectivity index (χ4n) is 1.95. The summed E-state index contributed by atoms with van der Waals surface area (Å²) in [6.07, 6.45) is -1.75. The molecule has 1 unspecified atom stereocenters. The Morgan fingerprint density at radius 1 is 1.24 bits per heavy atom. The van der Waals surface area contributed by atoms with Crippen molar-refractivity contribution in [2.45, 2.75) is 23.9 Å². The van der Waals surface area contributed by atoms with Crippen molar-refractivity contribution in [1.82, 2.24) is 0 Å². The Balaban J connectivity index is 1.86. The SMILES string of the molecule is O=P(O)(Oc1ccc(CCCSc2ccc(Cl)cc2)cc1Br)C(F)F. The van der Waals surface area contributed by atoms with E-state index >= 15 is 0 Å². The molecule has 2 aromatic carbocycles. The van der Waals surface area contributed by atoms with Gasteiger partial charge in [-0.05, 0) is 76.5 Å². The smallest absolute Gasteiger partial charge is 0.420 e. The number of rotatable bonds is 8. The first-order chi connectivity index (χ1) is 11.8. The van der Waals surface area contributed by atoms with Gasteiger partial charge in [-0.25, -0.2) is 4.57 Å². The Morgan fingerprint density at radius 3 is 2.52 bits per heavy atom. The van der Waals surface area contributed by atoms with Crippen LogP contribution in [-0.2, 0) is 11.0 Å². The highest BCUT2D eigenvalue weighted by Gasteiger charge is 2.34. The first-order valence-corrected chi connectivity index (χ1v) is 11.1. The number of halogens is 4.